The van der Waals surface area contributed by atoms with Crippen molar-refractivity contribution in [3.8, 4) is 22.5 Å². The lowest BCUT2D eigenvalue weighted by molar-refractivity contribution is 0.569. The minimum atomic E-state index is 0.599. The Kier molecular flexibility index (Phi) is 6.27. The van der Waals surface area contributed by atoms with E-state index in [0.717, 1.165) is 67.0 Å². The Balaban J connectivity index is 1.56. The number of nitrogens with zero attached hydrogens (tertiary/aromatic N) is 6. The molecule has 7 heteroatoms. The van der Waals surface area contributed by atoms with Gasteiger partial charge in [-0.05, 0) is 34.7 Å². The summed E-state index contributed by atoms with van der Waals surface area (Å²) in [5.41, 5.74) is 4.39. The van der Waals surface area contributed by atoms with Gasteiger partial charge in [-0.1, -0.05) is 68.8 Å². The lowest BCUT2D eigenvalue weighted by atomic mass is 9.98. The number of hydrogen-bond donors (Lipinski definition) is 1. The molecular formula is C23H27N7. The monoisotopic (exact) mass is 401 g/mol. The zero-order valence-electron chi connectivity index (χ0n) is 17.5. The molecule has 2 aromatic heterocycles. The first-order valence-corrected chi connectivity index (χ1v) is 10.6. The van der Waals surface area contributed by atoms with Crippen molar-refractivity contribution in [1.82, 2.24) is 35.4 Å². The number of unbranched alkanes of at least 4 members (excludes halogenated alkanes) is 1. The largest absolute Gasteiger partial charge is 0.249 e. The average Bonchev–Trinajstić information content (AvgIpc) is 3.44. The highest BCUT2D eigenvalue weighted by Crippen LogP contribution is 2.29. The number of aryl methyl sites for hydroxylation is 2. The first-order valence-electron chi connectivity index (χ1n) is 10.6. The molecule has 7 nitrogen and oxygen atoms in total. The van der Waals surface area contributed by atoms with Gasteiger partial charge in [0.2, 0.25) is 5.82 Å². The van der Waals surface area contributed by atoms with Crippen LogP contribution in [0.2, 0.25) is 0 Å². The zero-order valence-corrected chi connectivity index (χ0v) is 17.5. The summed E-state index contributed by atoms with van der Waals surface area (Å²) < 4.78 is 2.07. The lowest BCUT2D eigenvalue weighted by Crippen LogP contribution is -2.06. The number of aromatic nitrogens is 7. The van der Waals surface area contributed by atoms with Crippen LogP contribution >= 0.6 is 0 Å². The summed E-state index contributed by atoms with van der Waals surface area (Å²) in [6, 6.07) is 16.7. The van der Waals surface area contributed by atoms with Gasteiger partial charge in [0, 0.05) is 24.9 Å². The number of benzene rings is 2. The van der Waals surface area contributed by atoms with Gasteiger partial charge in [-0.3, -0.25) is 0 Å². The Morgan fingerprint density at radius 3 is 2.43 bits per heavy atom. The number of rotatable bonds is 9. The van der Waals surface area contributed by atoms with Crippen LogP contribution in [0.5, 0.6) is 0 Å². The normalized spacial score (nSPS) is 11.1. The van der Waals surface area contributed by atoms with Crippen LogP contribution in [0.15, 0.2) is 48.5 Å². The van der Waals surface area contributed by atoms with Crippen molar-refractivity contribution in [3.05, 3.63) is 65.7 Å². The molecule has 30 heavy (non-hydrogen) atoms. The molecule has 0 atom stereocenters. The summed E-state index contributed by atoms with van der Waals surface area (Å²) in [7, 11) is 0. The Labute approximate surface area is 176 Å². The van der Waals surface area contributed by atoms with E-state index in [-0.39, 0.29) is 0 Å². The summed E-state index contributed by atoms with van der Waals surface area (Å²) >= 11 is 0. The number of tetrazole rings is 1. The molecule has 0 amide bonds. The summed E-state index contributed by atoms with van der Waals surface area (Å²) in [6.45, 7) is 5.28. The van der Waals surface area contributed by atoms with Crippen LogP contribution in [-0.2, 0) is 19.4 Å². The molecule has 1 N–H and O–H groups in total. The van der Waals surface area contributed by atoms with Gasteiger partial charge in [0.05, 0.1) is 0 Å². The van der Waals surface area contributed by atoms with E-state index >= 15 is 0 Å². The third-order valence-electron chi connectivity index (χ3n) is 5.12. The minimum Gasteiger partial charge on any atom is -0.249 e. The van der Waals surface area contributed by atoms with Gasteiger partial charge < -0.3 is 0 Å². The minimum absolute atomic E-state index is 0.599. The first kappa shape index (κ1) is 19.9. The van der Waals surface area contributed by atoms with Crippen molar-refractivity contribution in [2.45, 2.75) is 52.5 Å². The molecule has 0 aliphatic carbocycles. The van der Waals surface area contributed by atoms with Gasteiger partial charge in [0.1, 0.15) is 5.82 Å². The Hall–Kier alpha value is -3.35. The summed E-state index contributed by atoms with van der Waals surface area (Å²) in [5.74, 6) is 2.61. The average molecular weight is 402 g/mol. The van der Waals surface area contributed by atoms with Crippen LogP contribution in [0.25, 0.3) is 22.5 Å². The molecule has 4 aromatic rings. The van der Waals surface area contributed by atoms with Crippen LogP contribution in [0.3, 0.4) is 0 Å². The van der Waals surface area contributed by atoms with Crippen molar-refractivity contribution in [3.63, 3.8) is 0 Å². The number of H-pyrrole nitrogens is 1. The standard InChI is InChI=1S/C23H27N7/c1-3-5-10-21-24-22(30(27-21)15-4-2)16-17-11-13-18(14-12-17)19-8-6-7-9-20(19)23-25-28-29-26-23/h6-9,11-14H,3-5,10,15-16H2,1-2H3,(H,25,26,28,29). The predicted octanol–water partition coefficient (Wildman–Crippen LogP) is 4.47. The molecular weight excluding hydrogens is 374 g/mol. The summed E-state index contributed by atoms with van der Waals surface area (Å²) in [5, 5.41) is 19.2. The quantitative estimate of drug-likeness (QED) is 0.447. The molecule has 0 fully saturated rings. The lowest BCUT2D eigenvalue weighted by Gasteiger charge is -2.08. The number of aromatic amines is 1. The summed E-state index contributed by atoms with van der Waals surface area (Å²) in [4.78, 5) is 4.81. The van der Waals surface area contributed by atoms with E-state index in [9.17, 15) is 0 Å². The Morgan fingerprint density at radius 1 is 0.933 bits per heavy atom. The van der Waals surface area contributed by atoms with Crippen molar-refractivity contribution >= 4 is 0 Å². The fourth-order valence-corrected chi connectivity index (χ4v) is 3.58. The maximum Gasteiger partial charge on any atom is 0.205 e. The van der Waals surface area contributed by atoms with E-state index in [1.165, 1.54) is 5.56 Å². The van der Waals surface area contributed by atoms with Crippen molar-refractivity contribution in [1.29, 1.82) is 0 Å². The SMILES string of the molecule is CCCCc1nc(Cc2ccc(-c3ccccc3-c3nn[nH]n3)cc2)n(CCC)n1. The second kappa shape index (κ2) is 9.43. The van der Waals surface area contributed by atoms with Crippen LogP contribution in [-0.4, -0.2) is 35.4 Å². The maximum absolute atomic E-state index is 4.81. The second-order valence-electron chi connectivity index (χ2n) is 7.43. The molecule has 4 rings (SSSR count). The highest BCUT2D eigenvalue weighted by atomic mass is 15.5. The first-order chi connectivity index (χ1) is 14.8. The second-order valence-corrected chi connectivity index (χ2v) is 7.43. The molecule has 2 aromatic carbocycles. The Bertz CT molecular complexity index is 1070. The van der Waals surface area contributed by atoms with E-state index < -0.39 is 0 Å². The molecule has 0 aliphatic rings. The molecule has 0 saturated carbocycles. The third-order valence-corrected chi connectivity index (χ3v) is 5.12. The van der Waals surface area contributed by atoms with E-state index in [4.69, 9.17) is 10.1 Å². The molecule has 0 bridgehead atoms. The summed E-state index contributed by atoms with van der Waals surface area (Å²) in [6.07, 6.45) is 5.07. The Morgan fingerprint density at radius 2 is 1.73 bits per heavy atom. The van der Waals surface area contributed by atoms with Crippen molar-refractivity contribution in [2.24, 2.45) is 0 Å². The van der Waals surface area contributed by atoms with Gasteiger partial charge in [-0.25, -0.2) is 9.67 Å². The number of hydrogen-bond acceptors (Lipinski definition) is 5. The predicted molar refractivity (Wildman–Crippen MR) is 117 cm³/mol. The third kappa shape index (κ3) is 4.45. The molecule has 0 saturated heterocycles. The molecule has 0 aliphatic heterocycles. The molecule has 0 unspecified atom stereocenters. The van der Waals surface area contributed by atoms with Gasteiger partial charge in [0.15, 0.2) is 5.82 Å². The fraction of sp³-hybridized carbons (Fsp3) is 0.348. The molecule has 0 radical (unpaired) electrons. The highest BCUT2D eigenvalue weighted by molar-refractivity contribution is 5.80. The van der Waals surface area contributed by atoms with E-state index in [0.29, 0.717) is 5.82 Å². The van der Waals surface area contributed by atoms with E-state index in [2.05, 4.69) is 69.5 Å². The van der Waals surface area contributed by atoms with Crippen LogP contribution < -0.4 is 0 Å². The fourth-order valence-electron chi connectivity index (χ4n) is 3.58. The van der Waals surface area contributed by atoms with Crippen LogP contribution in [0.1, 0.15) is 50.3 Å². The molecule has 154 valence electrons. The molecule has 2 heterocycles. The van der Waals surface area contributed by atoms with Crippen molar-refractivity contribution < 1.29 is 0 Å². The molecule has 0 spiro atoms. The topological polar surface area (TPSA) is 85.2 Å². The number of nitrogens with one attached hydrogen (secondary N) is 1. The van der Waals surface area contributed by atoms with Gasteiger partial charge in [-0.2, -0.15) is 10.3 Å². The van der Waals surface area contributed by atoms with Crippen molar-refractivity contribution in [2.75, 3.05) is 0 Å². The highest BCUT2D eigenvalue weighted by Gasteiger charge is 2.12. The van der Waals surface area contributed by atoms with E-state index in [1.807, 2.05) is 18.2 Å². The van der Waals surface area contributed by atoms with Gasteiger partial charge in [0.25, 0.3) is 0 Å². The smallest absolute Gasteiger partial charge is 0.205 e. The van der Waals surface area contributed by atoms with Crippen LogP contribution in [0.4, 0.5) is 0 Å². The van der Waals surface area contributed by atoms with Gasteiger partial charge in [-0.15, -0.1) is 10.2 Å². The van der Waals surface area contributed by atoms with E-state index in [1.54, 1.807) is 0 Å². The zero-order chi connectivity index (χ0) is 20.8. The maximum atomic E-state index is 4.81. The van der Waals surface area contributed by atoms with Crippen LogP contribution in [0, 0.1) is 0 Å². The van der Waals surface area contributed by atoms with Gasteiger partial charge >= 0.3 is 0 Å².